The van der Waals surface area contributed by atoms with E-state index >= 15 is 0 Å². The largest absolute Gasteiger partial charge is 0.497 e. The van der Waals surface area contributed by atoms with Gasteiger partial charge in [0, 0.05) is 42.9 Å². The number of ether oxygens (including phenoxy) is 2. The van der Waals surface area contributed by atoms with Crippen molar-refractivity contribution >= 4 is 17.1 Å². The van der Waals surface area contributed by atoms with Crippen LogP contribution < -0.4 is 14.8 Å². The summed E-state index contributed by atoms with van der Waals surface area (Å²) in [6, 6.07) is 13.9. The van der Waals surface area contributed by atoms with E-state index in [-0.39, 0.29) is 12.3 Å². The summed E-state index contributed by atoms with van der Waals surface area (Å²) in [6.07, 6.45) is 4.51. The van der Waals surface area contributed by atoms with Gasteiger partial charge < -0.3 is 14.8 Å². The molecule has 0 aliphatic carbocycles. The highest BCUT2D eigenvalue weighted by molar-refractivity contribution is 5.78. The van der Waals surface area contributed by atoms with E-state index in [1.54, 1.807) is 14.2 Å². The molecule has 0 bridgehead atoms. The zero-order valence-electron chi connectivity index (χ0n) is 20.8. The summed E-state index contributed by atoms with van der Waals surface area (Å²) in [4.78, 5) is 12.6. The number of carbonyl (C=O) groups is 1. The molecular weight excluding hydrogens is 456 g/mol. The van der Waals surface area contributed by atoms with Crippen molar-refractivity contribution < 1.29 is 14.3 Å². The maximum absolute atomic E-state index is 12.6. The molecular formula is C27H28N6O3. The Labute approximate surface area is 208 Å². The van der Waals surface area contributed by atoms with Crippen LogP contribution in [-0.4, -0.2) is 44.3 Å². The summed E-state index contributed by atoms with van der Waals surface area (Å²) in [5.74, 6) is 2.04. The minimum Gasteiger partial charge on any atom is -0.497 e. The minimum atomic E-state index is -0.0840. The second-order valence-electron chi connectivity index (χ2n) is 8.74. The Bertz CT molecular complexity index is 1570. The molecule has 5 rings (SSSR count). The molecule has 0 fully saturated rings. The van der Waals surface area contributed by atoms with Gasteiger partial charge in [-0.3, -0.25) is 9.20 Å². The van der Waals surface area contributed by atoms with Gasteiger partial charge in [0.15, 0.2) is 5.65 Å². The van der Waals surface area contributed by atoms with Crippen molar-refractivity contribution in [3.8, 4) is 22.8 Å². The lowest BCUT2D eigenvalue weighted by atomic mass is 10.0. The summed E-state index contributed by atoms with van der Waals surface area (Å²) in [7, 11) is 3.21. The van der Waals surface area contributed by atoms with Crippen LogP contribution in [-0.2, 0) is 17.8 Å². The highest BCUT2D eigenvalue weighted by atomic mass is 16.5. The maximum Gasteiger partial charge on any atom is 0.220 e. The topological polar surface area (TPSA) is 95.0 Å². The number of aromatic nitrogens is 5. The molecule has 36 heavy (non-hydrogen) atoms. The highest BCUT2D eigenvalue weighted by Crippen LogP contribution is 2.26. The maximum atomic E-state index is 12.6. The zero-order valence-corrected chi connectivity index (χ0v) is 20.8. The Morgan fingerprint density at radius 3 is 2.67 bits per heavy atom. The highest BCUT2D eigenvalue weighted by Gasteiger charge is 2.15. The van der Waals surface area contributed by atoms with Gasteiger partial charge in [-0.2, -0.15) is 5.10 Å². The molecule has 0 unspecified atom stereocenters. The fourth-order valence-corrected chi connectivity index (χ4v) is 4.30. The molecule has 9 heteroatoms. The first-order chi connectivity index (χ1) is 17.5. The van der Waals surface area contributed by atoms with E-state index in [9.17, 15) is 4.79 Å². The van der Waals surface area contributed by atoms with Crippen molar-refractivity contribution in [3.63, 3.8) is 0 Å². The van der Waals surface area contributed by atoms with Crippen molar-refractivity contribution in [2.75, 3.05) is 14.2 Å². The fraction of sp³-hybridized carbons (Fsp3) is 0.259. The van der Waals surface area contributed by atoms with Crippen LogP contribution in [0.2, 0.25) is 0 Å². The minimum absolute atomic E-state index is 0.0840. The molecule has 1 amide bonds. The standard InChI is InChI=1S/C27H28N6O3/c1-17-5-6-18(2)21(13-17)22-15-23-27-30-29-25(32(27)11-12-33(23)31-22)9-10-26(34)28-16-19-14-20(35-3)7-8-24(19)36-4/h5-8,11-15H,9-10,16H2,1-4H3,(H,28,34). The van der Waals surface area contributed by atoms with E-state index in [0.717, 1.165) is 28.2 Å². The lowest BCUT2D eigenvalue weighted by molar-refractivity contribution is -0.121. The number of carbonyl (C=O) groups excluding carboxylic acids is 1. The monoisotopic (exact) mass is 484 g/mol. The third kappa shape index (κ3) is 4.47. The van der Waals surface area contributed by atoms with E-state index < -0.39 is 0 Å². The summed E-state index contributed by atoms with van der Waals surface area (Å²) < 4.78 is 14.4. The van der Waals surface area contributed by atoms with Crippen molar-refractivity contribution in [2.45, 2.75) is 33.2 Å². The van der Waals surface area contributed by atoms with Gasteiger partial charge in [0.05, 0.1) is 19.9 Å². The second kappa shape index (κ2) is 9.69. The Kier molecular flexibility index (Phi) is 6.28. The molecule has 2 aromatic carbocycles. The normalized spacial score (nSPS) is 11.2. The quantitative estimate of drug-likeness (QED) is 0.359. The third-order valence-corrected chi connectivity index (χ3v) is 6.30. The van der Waals surface area contributed by atoms with Gasteiger partial charge in [0.25, 0.3) is 0 Å². The van der Waals surface area contributed by atoms with Crippen LogP contribution in [0.1, 0.15) is 28.9 Å². The number of amides is 1. The average Bonchev–Trinajstić information content (AvgIpc) is 3.51. The Hall–Kier alpha value is -4.40. The molecule has 0 saturated heterocycles. The number of hydrogen-bond donors (Lipinski definition) is 1. The molecule has 0 aliphatic heterocycles. The molecule has 0 atom stereocenters. The van der Waals surface area contributed by atoms with E-state index in [1.165, 1.54) is 11.1 Å². The van der Waals surface area contributed by atoms with Crippen molar-refractivity contribution in [1.82, 2.24) is 29.5 Å². The summed E-state index contributed by atoms with van der Waals surface area (Å²) in [5, 5.41) is 16.5. The summed E-state index contributed by atoms with van der Waals surface area (Å²) in [5.41, 5.74) is 6.76. The van der Waals surface area contributed by atoms with Gasteiger partial charge in [-0.25, -0.2) is 4.52 Å². The fourth-order valence-electron chi connectivity index (χ4n) is 4.30. The van der Waals surface area contributed by atoms with Crippen molar-refractivity contribution in [1.29, 1.82) is 0 Å². The first kappa shape index (κ1) is 23.3. The molecule has 9 nitrogen and oxygen atoms in total. The number of benzene rings is 2. The number of nitrogens with zero attached hydrogens (tertiary/aromatic N) is 5. The van der Waals surface area contributed by atoms with Gasteiger partial charge >= 0.3 is 0 Å². The first-order valence-electron chi connectivity index (χ1n) is 11.7. The Morgan fingerprint density at radius 1 is 1.00 bits per heavy atom. The van der Waals surface area contributed by atoms with Crippen molar-refractivity contribution in [3.05, 3.63) is 77.4 Å². The Balaban J connectivity index is 1.31. The van der Waals surface area contributed by atoms with Crippen LogP contribution in [0.3, 0.4) is 0 Å². The summed E-state index contributed by atoms with van der Waals surface area (Å²) >= 11 is 0. The SMILES string of the molecule is COc1ccc(OC)c(CNC(=O)CCc2nnc3c4cc(-c5cc(C)ccc5C)nn4ccn23)c1. The number of methoxy groups -OCH3 is 2. The predicted molar refractivity (Wildman–Crippen MR) is 136 cm³/mol. The smallest absolute Gasteiger partial charge is 0.220 e. The van der Waals surface area contributed by atoms with Crippen LogP contribution in [0.15, 0.2) is 54.9 Å². The Morgan fingerprint density at radius 2 is 1.86 bits per heavy atom. The number of aryl methyl sites for hydroxylation is 3. The molecule has 0 radical (unpaired) electrons. The van der Waals surface area contributed by atoms with Crippen molar-refractivity contribution in [2.24, 2.45) is 0 Å². The van der Waals surface area contributed by atoms with E-state index in [0.29, 0.717) is 30.1 Å². The molecule has 3 aromatic heterocycles. The van der Waals surface area contributed by atoms with Crippen LogP contribution in [0.5, 0.6) is 11.5 Å². The van der Waals surface area contributed by atoms with Crippen LogP contribution in [0.4, 0.5) is 0 Å². The van der Waals surface area contributed by atoms with Gasteiger partial charge in [-0.05, 0) is 49.7 Å². The van der Waals surface area contributed by atoms with Gasteiger partial charge in [-0.1, -0.05) is 17.7 Å². The van der Waals surface area contributed by atoms with Crippen LogP contribution in [0.25, 0.3) is 22.4 Å². The zero-order chi connectivity index (χ0) is 25.2. The van der Waals surface area contributed by atoms with E-state index in [4.69, 9.17) is 14.6 Å². The molecule has 0 aliphatic rings. The molecule has 184 valence electrons. The van der Waals surface area contributed by atoms with Gasteiger partial charge in [-0.15, -0.1) is 10.2 Å². The number of hydrogen-bond acceptors (Lipinski definition) is 6. The molecule has 5 aromatic rings. The molecule has 1 N–H and O–H groups in total. The third-order valence-electron chi connectivity index (χ3n) is 6.30. The lowest BCUT2D eigenvalue weighted by Gasteiger charge is -2.11. The predicted octanol–water partition coefficient (Wildman–Crippen LogP) is 3.93. The average molecular weight is 485 g/mol. The second-order valence-corrected chi connectivity index (χ2v) is 8.74. The van der Waals surface area contributed by atoms with E-state index in [2.05, 4.69) is 47.6 Å². The first-order valence-corrected chi connectivity index (χ1v) is 11.7. The van der Waals surface area contributed by atoms with Crippen LogP contribution >= 0.6 is 0 Å². The number of fused-ring (bicyclic) bond motifs is 3. The van der Waals surface area contributed by atoms with Gasteiger partial charge in [0.2, 0.25) is 5.91 Å². The summed E-state index contributed by atoms with van der Waals surface area (Å²) in [6.45, 7) is 4.50. The number of nitrogens with one attached hydrogen (secondary N) is 1. The van der Waals surface area contributed by atoms with Crippen LogP contribution in [0, 0.1) is 13.8 Å². The van der Waals surface area contributed by atoms with E-state index in [1.807, 2.05) is 45.6 Å². The molecule has 3 heterocycles. The van der Waals surface area contributed by atoms with Gasteiger partial charge in [0.1, 0.15) is 22.8 Å². The number of rotatable bonds is 8. The molecule has 0 spiro atoms. The lowest BCUT2D eigenvalue weighted by Crippen LogP contribution is -2.23. The molecule has 0 saturated carbocycles.